The third-order valence-electron chi connectivity index (χ3n) is 12.6. The first-order valence-corrected chi connectivity index (χ1v) is 21.7. The lowest BCUT2D eigenvalue weighted by molar-refractivity contribution is 0.661. The summed E-state index contributed by atoms with van der Waals surface area (Å²) in [7, 11) is 0. The smallest absolute Gasteiger partial charge is 0.159 e. The highest BCUT2D eigenvalue weighted by atomic mass is 32.1. The van der Waals surface area contributed by atoms with Crippen molar-refractivity contribution in [3.8, 4) is 5.69 Å². The highest BCUT2D eigenvalue weighted by Crippen LogP contribution is 2.43. The summed E-state index contributed by atoms with van der Waals surface area (Å²) in [5, 5.41) is 15.2. The van der Waals surface area contributed by atoms with Gasteiger partial charge in [-0.1, -0.05) is 127 Å². The van der Waals surface area contributed by atoms with Crippen molar-refractivity contribution in [2.45, 2.75) is 6.17 Å². The van der Waals surface area contributed by atoms with Crippen molar-refractivity contribution < 1.29 is 8.83 Å². The minimum Gasteiger partial charge on any atom is -0.455 e. The molecule has 0 amide bonds. The van der Waals surface area contributed by atoms with E-state index in [0.29, 0.717) is 11.7 Å². The molecule has 0 bridgehead atoms. The van der Waals surface area contributed by atoms with E-state index in [1.54, 1.807) is 11.3 Å². The molecule has 5 heterocycles. The summed E-state index contributed by atoms with van der Waals surface area (Å²) in [6.45, 7) is 0. The molecule has 1 atom stereocenters. The van der Waals surface area contributed by atoms with E-state index >= 15 is 0 Å². The van der Waals surface area contributed by atoms with Gasteiger partial charge in [0.15, 0.2) is 11.4 Å². The number of thiophene rings is 1. The van der Waals surface area contributed by atoms with Gasteiger partial charge in [0.05, 0.1) is 22.3 Å². The topological polar surface area (TPSA) is 68.0 Å². The SMILES string of the molecule is c1ccc2cc3c(cc2c1)c1ccccc1n3-c1cc(C2=NC(c3cccc4c3sc3ccccc34)NC(c3cccc4c3oc3ccccc34)=N2)cc2c1oc1ccccc12. The Kier molecular flexibility index (Phi) is 6.95. The van der Waals surface area contributed by atoms with Gasteiger partial charge in [0, 0.05) is 63.6 Å². The summed E-state index contributed by atoms with van der Waals surface area (Å²) in [4.78, 5) is 11.0. The van der Waals surface area contributed by atoms with Crippen molar-refractivity contribution in [1.82, 2.24) is 9.88 Å². The molecule has 62 heavy (non-hydrogen) atoms. The fourth-order valence-electron chi connectivity index (χ4n) is 9.81. The normalized spacial score (nSPS) is 14.6. The van der Waals surface area contributed by atoms with Crippen molar-refractivity contribution in [3.63, 3.8) is 0 Å². The van der Waals surface area contributed by atoms with Gasteiger partial charge in [-0.25, -0.2) is 9.98 Å². The van der Waals surface area contributed by atoms with Crippen LogP contribution in [0.1, 0.15) is 22.9 Å². The average molecular weight is 813 g/mol. The number of benzene rings is 9. The lowest BCUT2D eigenvalue weighted by Gasteiger charge is -2.24. The van der Waals surface area contributed by atoms with Crippen molar-refractivity contribution in [2.75, 3.05) is 0 Å². The summed E-state index contributed by atoms with van der Waals surface area (Å²) in [5.41, 5.74) is 9.24. The van der Waals surface area contributed by atoms with Crippen LogP contribution in [0, 0.1) is 0 Å². The third kappa shape index (κ3) is 4.85. The van der Waals surface area contributed by atoms with Gasteiger partial charge in [0.2, 0.25) is 0 Å². The van der Waals surface area contributed by atoms with E-state index in [4.69, 9.17) is 18.8 Å². The van der Waals surface area contributed by atoms with Crippen LogP contribution in [-0.2, 0) is 0 Å². The zero-order valence-corrected chi connectivity index (χ0v) is 33.8. The maximum Gasteiger partial charge on any atom is 0.159 e. The van der Waals surface area contributed by atoms with E-state index in [9.17, 15) is 0 Å². The van der Waals surface area contributed by atoms with E-state index in [1.807, 2.05) is 24.3 Å². The summed E-state index contributed by atoms with van der Waals surface area (Å²) in [6, 6.07) is 64.3. The van der Waals surface area contributed by atoms with Gasteiger partial charge in [0.1, 0.15) is 28.8 Å². The molecule has 0 spiro atoms. The number of rotatable bonds is 4. The number of hydrogen-bond acceptors (Lipinski definition) is 6. The molecule has 0 radical (unpaired) electrons. The van der Waals surface area contributed by atoms with Gasteiger partial charge in [0.25, 0.3) is 0 Å². The summed E-state index contributed by atoms with van der Waals surface area (Å²) >= 11 is 1.81. The molecule has 14 rings (SSSR count). The molecule has 7 heteroatoms. The highest BCUT2D eigenvalue weighted by Gasteiger charge is 2.28. The first-order chi connectivity index (χ1) is 30.7. The zero-order chi connectivity index (χ0) is 40.5. The van der Waals surface area contributed by atoms with Crippen LogP contribution in [0.5, 0.6) is 0 Å². The van der Waals surface area contributed by atoms with E-state index in [1.165, 1.54) is 41.7 Å². The lowest BCUT2D eigenvalue weighted by Crippen LogP contribution is -2.33. The predicted molar refractivity (Wildman–Crippen MR) is 258 cm³/mol. The van der Waals surface area contributed by atoms with Crippen LogP contribution in [-0.4, -0.2) is 16.2 Å². The number of furan rings is 2. The first-order valence-electron chi connectivity index (χ1n) is 20.8. The largest absolute Gasteiger partial charge is 0.455 e. The van der Waals surface area contributed by atoms with Crippen LogP contribution in [0.2, 0.25) is 0 Å². The predicted octanol–water partition coefficient (Wildman–Crippen LogP) is 14.6. The van der Waals surface area contributed by atoms with Gasteiger partial charge in [-0.05, 0) is 65.4 Å². The Balaban J connectivity index is 1.07. The Morgan fingerprint density at radius 3 is 2.02 bits per heavy atom. The van der Waals surface area contributed by atoms with E-state index in [0.717, 1.165) is 77.3 Å². The average Bonchev–Trinajstić information content (AvgIpc) is 4.09. The molecule has 0 aliphatic carbocycles. The van der Waals surface area contributed by atoms with E-state index in [2.05, 4.69) is 168 Å². The van der Waals surface area contributed by atoms with Gasteiger partial charge in [-0.15, -0.1) is 11.3 Å². The number of hydrogen-bond donors (Lipinski definition) is 1. The molecule has 9 aromatic carbocycles. The van der Waals surface area contributed by atoms with Crippen molar-refractivity contribution in [3.05, 3.63) is 199 Å². The number of amidine groups is 2. The van der Waals surface area contributed by atoms with Gasteiger partial charge in [-0.3, -0.25) is 0 Å². The van der Waals surface area contributed by atoms with Crippen molar-refractivity contribution >= 4 is 120 Å². The fourth-order valence-corrected chi connectivity index (χ4v) is 11.1. The molecule has 0 fully saturated rings. The standard InChI is InChI=1S/C55H32N4O2S/c1-2-14-32-29-45-42(27-31(32)13-1)34-15-3-7-23-44(34)59(45)46-30-33(28-43-36-17-5-9-25-48(36)61-51(43)46)53-56-54(40-21-11-19-38-35-16-4-8-24-47(35)60-50(38)40)58-55(57-53)41-22-12-20-39-37-18-6-10-26-49(37)62-52(39)41/h1-30,55H,(H,56,57,58). The highest BCUT2D eigenvalue weighted by molar-refractivity contribution is 7.26. The molecule has 290 valence electrons. The number of aromatic nitrogens is 1. The second-order valence-corrected chi connectivity index (χ2v) is 17.2. The minimum absolute atomic E-state index is 0.450. The maximum atomic E-state index is 6.85. The molecule has 1 N–H and O–H groups in total. The quantitative estimate of drug-likeness (QED) is 0.192. The van der Waals surface area contributed by atoms with Gasteiger partial charge >= 0.3 is 0 Å². The Morgan fingerprint density at radius 2 is 1.16 bits per heavy atom. The number of aliphatic imine (C=N–C) groups is 2. The lowest BCUT2D eigenvalue weighted by atomic mass is 10.0. The summed E-state index contributed by atoms with van der Waals surface area (Å²) < 4.78 is 18.3. The zero-order valence-electron chi connectivity index (χ0n) is 33.0. The van der Waals surface area contributed by atoms with E-state index < -0.39 is 6.17 Å². The van der Waals surface area contributed by atoms with Crippen LogP contribution in [0.25, 0.3) is 102 Å². The second-order valence-electron chi connectivity index (χ2n) is 16.1. The number of para-hydroxylation sites is 4. The van der Waals surface area contributed by atoms with Crippen molar-refractivity contribution in [2.24, 2.45) is 9.98 Å². The molecule has 1 unspecified atom stereocenters. The van der Waals surface area contributed by atoms with E-state index in [-0.39, 0.29) is 0 Å². The molecule has 4 aromatic heterocycles. The monoisotopic (exact) mass is 812 g/mol. The Morgan fingerprint density at radius 1 is 0.500 bits per heavy atom. The van der Waals surface area contributed by atoms with Crippen molar-refractivity contribution in [1.29, 1.82) is 0 Å². The molecule has 1 aliphatic heterocycles. The molecule has 0 saturated carbocycles. The molecule has 0 saturated heterocycles. The van der Waals surface area contributed by atoms with Crippen LogP contribution in [0.4, 0.5) is 0 Å². The Hall–Kier alpha value is -8.00. The fraction of sp³-hybridized carbons (Fsp3) is 0.0182. The Bertz CT molecular complexity index is 4110. The van der Waals surface area contributed by atoms with Crippen LogP contribution in [0.15, 0.2) is 201 Å². The maximum absolute atomic E-state index is 6.85. The number of nitrogens with zero attached hydrogens (tertiary/aromatic N) is 3. The van der Waals surface area contributed by atoms with Gasteiger partial charge in [-0.2, -0.15) is 0 Å². The first kappa shape index (κ1) is 33.8. The molecule has 1 aliphatic rings. The molecule has 6 nitrogen and oxygen atoms in total. The number of fused-ring (bicyclic) bond motifs is 13. The minimum atomic E-state index is -0.450. The van der Waals surface area contributed by atoms with Crippen LogP contribution in [0.3, 0.4) is 0 Å². The second kappa shape index (κ2) is 12.8. The number of nitrogens with one attached hydrogen (secondary N) is 1. The Labute approximate surface area is 357 Å². The molecular formula is C55H32N4O2S. The third-order valence-corrected chi connectivity index (χ3v) is 13.9. The summed E-state index contributed by atoms with van der Waals surface area (Å²) in [5.74, 6) is 1.32. The van der Waals surface area contributed by atoms with Crippen LogP contribution >= 0.6 is 11.3 Å². The molecular weight excluding hydrogens is 781 g/mol. The molecule has 13 aromatic rings. The van der Waals surface area contributed by atoms with Gasteiger partial charge < -0.3 is 18.7 Å². The van der Waals surface area contributed by atoms with Crippen LogP contribution < -0.4 is 5.32 Å². The summed E-state index contributed by atoms with van der Waals surface area (Å²) in [6.07, 6.45) is -0.450.